The summed E-state index contributed by atoms with van der Waals surface area (Å²) in [5, 5.41) is 3.33. The fourth-order valence-electron chi connectivity index (χ4n) is 5.32. The largest absolute Gasteiger partial charge is 0.434 e. The van der Waals surface area contributed by atoms with Gasteiger partial charge in [0.25, 0.3) is 5.89 Å². The Balaban J connectivity index is 1.77. The van der Waals surface area contributed by atoms with Gasteiger partial charge in [-0.2, -0.15) is 0 Å². The Morgan fingerprint density at radius 2 is 1.79 bits per heavy atom. The predicted octanol–water partition coefficient (Wildman–Crippen LogP) is 2.95. The summed E-state index contributed by atoms with van der Waals surface area (Å²) in [6, 6.07) is 15.6. The topological polar surface area (TPSA) is 136 Å². The molecular weight excluding hydrogens is 504 g/mol. The molecule has 38 heavy (non-hydrogen) atoms. The number of rotatable bonds is 12. The zero-order valence-electron chi connectivity index (χ0n) is 21.9. The Bertz CT molecular complexity index is 1330. The minimum absolute atomic E-state index is 0.152. The zero-order valence-corrected chi connectivity index (χ0v) is 22.7. The third kappa shape index (κ3) is 6.31. The van der Waals surface area contributed by atoms with E-state index in [9.17, 15) is 18.0 Å². The fourth-order valence-corrected chi connectivity index (χ4v) is 7.24. The standard InChI is InChI=1S/C28H36N4O5S/c1-3-9-22(25(33)26-30-23-12-7-8-13-24(23)37-26)28(27(29)34,31-21-14-16-32(2)17-15-21)19-38(35,36)18-20-10-5-4-6-11-20/h4-8,10-13,21-22,31H,3,9,14-19H2,1-2H3,(H2,29,34)/t22-,28?/m1/s1. The Morgan fingerprint density at radius 1 is 1.13 bits per heavy atom. The number of fused-ring (bicyclic) bond motifs is 1. The number of nitrogens with one attached hydrogen (secondary N) is 1. The lowest BCUT2D eigenvalue weighted by atomic mass is 9.77. The lowest BCUT2D eigenvalue weighted by Gasteiger charge is -2.42. The van der Waals surface area contributed by atoms with E-state index in [1.54, 1.807) is 48.5 Å². The van der Waals surface area contributed by atoms with Crippen LogP contribution in [0.3, 0.4) is 0 Å². The molecule has 1 aliphatic rings. The van der Waals surface area contributed by atoms with E-state index in [0.29, 0.717) is 35.9 Å². The normalized spacial score (nSPS) is 17.7. The van der Waals surface area contributed by atoms with Crippen LogP contribution in [-0.4, -0.2) is 67.5 Å². The lowest BCUT2D eigenvalue weighted by Crippen LogP contribution is -2.68. The van der Waals surface area contributed by atoms with Crippen molar-refractivity contribution >= 4 is 32.6 Å². The first-order valence-corrected chi connectivity index (χ1v) is 14.9. The average Bonchev–Trinajstić information content (AvgIpc) is 3.32. The molecule has 3 N–H and O–H groups in total. The molecular formula is C28H36N4O5S. The van der Waals surface area contributed by atoms with Crippen molar-refractivity contribution in [3.8, 4) is 0 Å². The van der Waals surface area contributed by atoms with E-state index in [1.807, 2.05) is 20.0 Å². The van der Waals surface area contributed by atoms with Crippen LogP contribution >= 0.6 is 0 Å². The van der Waals surface area contributed by atoms with E-state index < -0.39 is 38.7 Å². The van der Waals surface area contributed by atoms with Crippen LogP contribution in [0, 0.1) is 5.92 Å². The minimum Gasteiger partial charge on any atom is -0.434 e. The van der Waals surface area contributed by atoms with Crippen molar-refractivity contribution < 1.29 is 22.4 Å². The highest BCUT2D eigenvalue weighted by Crippen LogP contribution is 2.32. The highest BCUT2D eigenvalue weighted by atomic mass is 32.2. The van der Waals surface area contributed by atoms with Crippen LogP contribution in [0.2, 0.25) is 0 Å². The zero-order chi connectivity index (χ0) is 27.3. The third-order valence-electron chi connectivity index (χ3n) is 7.29. The number of piperidine rings is 1. The van der Waals surface area contributed by atoms with Crippen LogP contribution in [0.15, 0.2) is 59.0 Å². The van der Waals surface area contributed by atoms with E-state index in [1.165, 1.54) is 0 Å². The van der Waals surface area contributed by atoms with Crippen LogP contribution in [0.4, 0.5) is 0 Å². The van der Waals surface area contributed by atoms with Gasteiger partial charge in [-0.25, -0.2) is 13.4 Å². The quantitative estimate of drug-likeness (QED) is 0.335. The van der Waals surface area contributed by atoms with Gasteiger partial charge in [0.1, 0.15) is 11.1 Å². The highest BCUT2D eigenvalue weighted by Gasteiger charge is 2.52. The first kappa shape index (κ1) is 27.9. The Labute approximate surface area is 223 Å². The summed E-state index contributed by atoms with van der Waals surface area (Å²) in [7, 11) is -1.87. The molecule has 1 aromatic heterocycles. The van der Waals surface area contributed by atoms with Gasteiger partial charge in [-0.1, -0.05) is 55.8 Å². The molecule has 1 aliphatic heterocycles. The van der Waals surface area contributed by atoms with Gasteiger partial charge in [0.2, 0.25) is 11.7 Å². The van der Waals surface area contributed by atoms with Crippen molar-refractivity contribution in [1.29, 1.82) is 0 Å². The van der Waals surface area contributed by atoms with Crippen molar-refractivity contribution in [3.63, 3.8) is 0 Å². The van der Waals surface area contributed by atoms with Crippen molar-refractivity contribution in [3.05, 3.63) is 66.1 Å². The smallest absolute Gasteiger partial charge is 0.264 e. The van der Waals surface area contributed by atoms with E-state index in [4.69, 9.17) is 10.2 Å². The molecule has 0 radical (unpaired) electrons. The summed E-state index contributed by atoms with van der Waals surface area (Å²) in [4.78, 5) is 33.9. The number of primary amides is 1. The first-order chi connectivity index (χ1) is 18.1. The van der Waals surface area contributed by atoms with E-state index in [-0.39, 0.29) is 24.1 Å². The van der Waals surface area contributed by atoms with Crippen molar-refractivity contribution in [1.82, 2.24) is 15.2 Å². The Kier molecular flexibility index (Phi) is 8.64. The highest BCUT2D eigenvalue weighted by molar-refractivity contribution is 7.90. The first-order valence-electron chi connectivity index (χ1n) is 13.0. The van der Waals surface area contributed by atoms with Gasteiger partial charge in [0, 0.05) is 6.04 Å². The van der Waals surface area contributed by atoms with Gasteiger partial charge in [-0.15, -0.1) is 0 Å². The number of oxazole rings is 1. The molecule has 2 heterocycles. The molecule has 0 bridgehead atoms. The number of likely N-dealkylation sites (tertiary alicyclic amines) is 1. The summed E-state index contributed by atoms with van der Waals surface area (Å²) < 4.78 is 33.0. The molecule has 3 aromatic rings. The Hall–Kier alpha value is -3.08. The summed E-state index contributed by atoms with van der Waals surface area (Å²) in [5.41, 5.74) is 5.78. The number of Topliss-reactive ketones (excluding diaryl/α,β-unsaturated/α-hetero) is 1. The third-order valence-corrected chi connectivity index (χ3v) is 8.96. The maximum absolute atomic E-state index is 14.0. The number of nitrogens with zero attached hydrogens (tertiary/aromatic N) is 2. The number of hydrogen-bond donors (Lipinski definition) is 2. The van der Waals surface area contributed by atoms with Crippen LogP contribution in [0.5, 0.6) is 0 Å². The molecule has 2 atom stereocenters. The van der Waals surface area contributed by atoms with Gasteiger partial charge < -0.3 is 15.1 Å². The number of ketones is 1. The van der Waals surface area contributed by atoms with Gasteiger partial charge >= 0.3 is 0 Å². The molecule has 204 valence electrons. The average molecular weight is 541 g/mol. The maximum Gasteiger partial charge on any atom is 0.264 e. The second-order valence-corrected chi connectivity index (χ2v) is 12.3. The fraction of sp³-hybridized carbons (Fsp3) is 0.464. The van der Waals surface area contributed by atoms with Gasteiger partial charge in [-0.3, -0.25) is 14.9 Å². The second kappa shape index (κ2) is 11.8. The molecule has 2 aromatic carbocycles. The number of nitrogens with two attached hydrogens (primary N) is 1. The van der Waals surface area contributed by atoms with Crippen molar-refractivity contribution in [2.24, 2.45) is 11.7 Å². The van der Waals surface area contributed by atoms with Gasteiger partial charge in [0.05, 0.1) is 17.4 Å². The number of amides is 1. The molecule has 9 nitrogen and oxygen atoms in total. The molecule has 0 saturated carbocycles. The number of hydrogen-bond acceptors (Lipinski definition) is 8. The van der Waals surface area contributed by atoms with Crippen LogP contribution in [-0.2, 0) is 20.4 Å². The number of para-hydroxylation sites is 2. The number of benzene rings is 2. The maximum atomic E-state index is 14.0. The summed E-state index contributed by atoms with van der Waals surface area (Å²) in [6.07, 6.45) is 2.15. The van der Waals surface area contributed by atoms with E-state index in [0.717, 1.165) is 13.1 Å². The number of carbonyl (C=O) groups excluding carboxylic acids is 2. The second-order valence-electron chi connectivity index (χ2n) is 10.3. The molecule has 1 unspecified atom stereocenters. The SMILES string of the molecule is CCC[C@H](C(=O)c1nc2ccccc2o1)C(CS(=O)(=O)Cc1ccccc1)(NC1CCN(C)CC1)C(N)=O. The van der Waals surface area contributed by atoms with Gasteiger partial charge in [0.15, 0.2) is 15.4 Å². The summed E-state index contributed by atoms with van der Waals surface area (Å²) >= 11 is 0. The predicted molar refractivity (Wildman–Crippen MR) is 146 cm³/mol. The van der Waals surface area contributed by atoms with E-state index >= 15 is 0 Å². The Morgan fingerprint density at radius 3 is 2.42 bits per heavy atom. The number of aromatic nitrogens is 1. The molecule has 4 rings (SSSR count). The van der Waals surface area contributed by atoms with Crippen LogP contribution < -0.4 is 11.1 Å². The molecule has 1 saturated heterocycles. The van der Waals surface area contributed by atoms with Gasteiger partial charge in [-0.05, 0) is 57.1 Å². The van der Waals surface area contributed by atoms with E-state index in [2.05, 4.69) is 15.2 Å². The molecule has 10 heteroatoms. The van der Waals surface area contributed by atoms with Crippen LogP contribution in [0.1, 0.15) is 48.9 Å². The van der Waals surface area contributed by atoms with Crippen LogP contribution in [0.25, 0.3) is 11.1 Å². The van der Waals surface area contributed by atoms with Crippen molar-refractivity contribution in [2.75, 3.05) is 25.9 Å². The molecule has 0 spiro atoms. The lowest BCUT2D eigenvalue weighted by molar-refractivity contribution is -0.125. The summed E-state index contributed by atoms with van der Waals surface area (Å²) in [5.74, 6) is -3.50. The summed E-state index contributed by atoms with van der Waals surface area (Å²) in [6.45, 7) is 3.44. The minimum atomic E-state index is -3.88. The number of carbonyl (C=O) groups is 2. The monoisotopic (exact) mass is 540 g/mol. The number of sulfone groups is 1. The molecule has 1 amide bonds. The molecule has 1 fully saturated rings. The molecule has 0 aliphatic carbocycles. The van der Waals surface area contributed by atoms with Crippen molar-refractivity contribution in [2.45, 2.75) is 49.9 Å².